The van der Waals surface area contributed by atoms with E-state index in [9.17, 15) is 9.65 Å². The van der Waals surface area contributed by atoms with Crippen LogP contribution >= 0.6 is 0 Å². The molecule has 0 unspecified atom stereocenters. The molecule has 1 aliphatic heterocycles. The molecule has 3 heterocycles. The minimum atomic E-state index is -0.189. The van der Waals surface area contributed by atoms with Crippen LogP contribution in [0.25, 0.3) is 16.7 Å². The lowest BCUT2D eigenvalue weighted by Gasteiger charge is -2.34. The molecule has 5 rings (SSSR count). The highest BCUT2D eigenvalue weighted by atomic mass is 19.1. The van der Waals surface area contributed by atoms with Gasteiger partial charge in [0, 0.05) is 5.56 Å². The Labute approximate surface area is 174 Å². The molecule has 1 fully saturated rings. The third-order valence-corrected chi connectivity index (χ3v) is 6.03. The molecule has 0 saturated carbocycles. The first-order valence-corrected chi connectivity index (χ1v) is 10.3. The summed E-state index contributed by atoms with van der Waals surface area (Å²) in [6.45, 7) is 6.74. The number of anilines is 1. The van der Waals surface area contributed by atoms with Gasteiger partial charge >= 0.3 is 0 Å². The van der Waals surface area contributed by atoms with Crippen LogP contribution in [0.1, 0.15) is 16.7 Å². The number of para-hydroxylation sites is 2. The quantitative estimate of drug-likeness (QED) is 0.575. The Hall–Kier alpha value is -3.43. The van der Waals surface area contributed by atoms with E-state index in [-0.39, 0.29) is 5.82 Å². The lowest BCUT2D eigenvalue weighted by Crippen LogP contribution is -3.13. The normalized spacial score (nSPS) is 15.0. The Bertz CT molecular complexity index is 1260. The monoisotopic (exact) mass is 400 g/mol. The maximum absolute atomic E-state index is 13.2. The molecule has 2 aromatic heterocycles. The van der Waals surface area contributed by atoms with Gasteiger partial charge in [-0.2, -0.15) is 5.26 Å². The van der Waals surface area contributed by atoms with E-state index in [4.69, 9.17) is 4.98 Å². The Morgan fingerprint density at radius 3 is 2.57 bits per heavy atom. The Kier molecular flexibility index (Phi) is 4.61. The van der Waals surface area contributed by atoms with Crippen molar-refractivity contribution in [3.63, 3.8) is 0 Å². The van der Waals surface area contributed by atoms with Gasteiger partial charge in [0.1, 0.15) is 24.2 Å². The fourth-order valence-electron chi connectivity index (χ4n) is 4.42. The highest BCUT2D eigenvalue weighted by Crippen LogP contribution is 2.28. The van der Waals surface area contributed by atoms with Crippen LogP contribution in [0.2, 0.25) is 0 Å². The number of hydrogen-bond donors (Lipinski definition) is 1. The van der Waals surface area contributed by atoms with Gasteiger partial charge in [-0.1, -0.05) is 24.3 Å². The molecule has 1 N–H and O–H groups in total. The van der Waals surface area contributed by atoms with Crippen molar-refractivity contribution >= 4 is 22.5 Å². The number of nitriles is 1. The van der Waals surface area contributed by atoms with E-state index in [1.807, 2.05) is 37.3 Å². The summed E-state index contributed by atoms with van der Waals surface area (Å²) in [5, 5.41) is 9.69. The van der Waals surface area contributed by atoms with E-state index in [2.05, 4.69) is 27.5 Å². The van der Waals surface area contributed by atoms with Gasteiger partial charge in [-0.05, 0) is 42.8 Å². The lowest BCUT2D eigenvalue weighted by molar-refractivity contribution is -0.914. The predicted octanol–water partition coefficient (Wildman–Crippen LogP) is 2.71. The average molecular weight is 400 g/mol. The first-order valence-electron chi connectivity index (χ1n) is 10.3. The van der Waals surface area contributed by atoms with E-state index >= 15 is 0 Å². The molecule has 0 aliphatic carbocycles. The third-order valence-electron chi connectivity index (χ3n) is 6.03. The second kappa shape index (κ2) is 7.43. The second-order valence-electron chi connectivity index (χ2n) is 7.97. The van der Waals surface area contributed by atoms with Crippen LogP contribution in [-0.2, 0) is 6.54 Å². The number of halogens is 1. The maximum Gasteiger partial charge on any atom is 0.157 e. The number of aromatic nitrogens is 2. The molecule has 2 aromatic carbocycles. The number of quaternary nitrogens is 1. The number of aryl methyl sites for hydroxylation is 1. The molecule has 0 radical (unpaired) electrons. The van der Waals surface area contributed by atoms with E-state index < -0.39 is 0 Å². The summed E-state index contributed by atoms with van der Waals surface area (Å²) in [4.78, 5) is 8.65. The summed E-state index contributed by atoms with van der Waals surface area (Å²) in [5.74, 6) is 0.905. The van der Waals surface area contributed by atoms with Gasteiger partial charge in [-0.15, -0.1) is 0 Å². The van der Waals surface area contributed by atoms with Crippen LogP contribution in [0.3, 0.4) is 0 Å². The lowest BCUT2D eigenvalue weighted by atomic mass is 10.1. The number of fused-ring (bicyclic) bond motifs is 3. The Morgan fingerprint density at radius 1 is 1.10 bits per heavy atom. The zero-order valence-electron chi connectivity index (χ0n) is 16.9. The fourth-order valence-corrected chi connectivity index (χ4v) is 4.42. The third kappa shape index (κ3) is 3.17. The first-order chi connectivity index (χ1) is 14.6. The number of nitrogens with zero attached hydrogens (tertiary/aromatic N) is 4. The standard InChI is InChI=1S/C24H22FN5/c1-17-14-23(30-22-5-3-2-4-21(22)27-24(30)20(17)15-26)29-12-10-28(11-13-29)16-18-6-8-19(25)9-7-18/h2-9,14H,10-13,16H2,1H3/p+1. The van der Waals surface area contributed by atoms with Crippen molar-refractivity contribution in [3.8, 4) is 6.07 Å². The van der Waals surface area contributed by atoms with Crippen molar-refractivity contribution in [2.24, 2.45) is 0 Å². The largest absolute Gasteiger partial charge is 0.346 e. The number of pyridine rings is 1. The van der Waals surface area contributed by atoms with E-state index in [1.54, 1.807) is 0 Å². The molecule has 5 nitrogen and oxygen atoms in total. The van der Waals surface area contributed by atoms with Crippen LogP contribution in [0.4, 0.5) is 10.2 Å². The zero-order valence-corrected chi connectivity index (χ0v) is 16.9. The van der Waals surface area contributed by atoms with Gasteiger partial charge in [0.05, 0.1) is 42.8 Å². The zero-order chi connectivity index (χ0) is 20.7. The van der Waals surface area contributed by atoms with Crippen LogP contribution < -0.4 is 9.80 Å². The fraction of sp³-hybridized carbons (Fsp3) is 0.250. The summed E-state index contributed by atoms with van der Waals surface area (Å²) in [7, 11) is 0. The Balaban J connectivity index is 1.46. The van der Waals surface area contributed by atoms with Crippen LogP contribution in [0.5, 0.6) is 0 Å². The predicted molar refractivity (Wildman–Crippen MR) is 115 cm³/mol. The number of piperazine rings is 1. The summed E-state index contributed by atoms with van der Waals surface area (Å²) in [6, 6.07) is 19.3. The minimum absolute atomic E-state index is 0.189. The molecule has 1 aliphatic rings. The topological polar surface area (TPSA) is 48.8 Å². The van der Waals surface area contributed by atoms with Gasteiger partial charge < -0.3 is 9.80 Å². The molecule has 30 heavy (non-hydrogen) atoms. The van der Waals surface area contributed by atoms with Gasteiger partial charge in [-0.3, -0.25) is 4.40 Å². The molecule has 150 valence electrons. The van der Waals surface area contributed by atoms with Gasteiger partial charge in [0.15, 0.2) is 5.65 Å². The van der Waals surface area contributed by atoms with Crippen LogP contribution in [0.15, 0.2) is 54.6 Å². The van der Waals surface area contributed by atoms with Crippen molar-refractivity contribution in [2.45, 2.75) is 13.5 Å². The maximum atomic E-state index is 13.2. The van der Waals surface area contributed by atoms with Gasteiger partial charge in [0.25, 0.3) is 0 Å². The molecule has 0 bridgehead atoms. The van der Waals surface area contributed by atoms with Crippen LogP contribution in [-0.4, -0.2) is 35.6 Å². The highest BCUT2D eigenvalue weighted by molar-refractivity contribution is 5.85. The van der Waals surface area contributed by atoms with Crippen molar-refractivity contribution in [2.75, 3.05) is 31.1 Å². The molecule has 0 atom stereocenters. The average Bonchev–Trinajstić information content (AvgIpc) is 3.15. The van der Waals surface area contributed by atoms with Crippen molar-refractivity contribution in [1.82, 2.24) is 9.38 Å². The number of nitrogens with one attached hydrogen (secondary N) is 1. The minimum Gasteiger partial charge on any atom is -0.346 e. The van der Waals surface area contributed by atoms with Gasteiger partial charge in [0.2, 0.25) is 0 Å². The highest BCUT2D eigenvalue weighted by Gasteiger charge is 2.24. The van der Waals surface area contributed by atoms with Crippen LogP contribution in [0, 0.1) is 24.1 Å². The van der Waals surface area contributed by atoms with Crippen molar-refractivity contribution in [1.29, 1.82) is 5.26 Å². The van der Waals surface area contributed by atoms with E-state index in [0.717, 1.165) is 66.3 Å². The second-order valence-corrected chi connectivity index (χ2v) is 7.97. The number of benzene rings is 2. The number of hydrogen-bond acceptors (Lipinski definition) is 3. The van der Waals surface area contributed by atoms with Crippen molar-refractivity contribution in [3.05, 3.63) is 77.1 Å². The number of imidazole rings is 1. The summed E-state index contributed by atoms with van der Waals surface area (Å²) in [6.07, 6.45) is 0. The van der Waals surface area contributed by atoms with Crippen molar-refractivity contribution < 1.29 is 9.29 Å². The molecule has 4 aromatic rings. The SMILES string of the molecule is Cc1cc(N2CC[NH+](Cc3ccc(F)cc3)CC2)n2c(nc3ccccc32)c1C#N. The molecule has 6 heteroatoms. The smallest absolute Gasteiger partial charge is 0.157 e. The Morgan fingerprint density at radius 2 is 1.83 bits per heavy atom. The van der Waals surface area contributed by atoms with E-state index in [0.29, 0.717) is 5.56 Å². The first kappa shape index (κ1) is 18.6. The molecular formula is C24H23FN5+. The molecule has 0 amide bonds. The molecule has 1 saturated heterocycles. The molecular weight excluding hydrogens is 377 g/mol. The number of rotatable bonds is 3. The summed E-state index contributed by atoms with van der Waals surface area (Å²) >= 11 is 0. The van der Waals surface area contributed by atoms with E-state index in [1.165, 1.54) is 17.0 Å². The van der Waals surface area contributed by atoms with Gasteiger partial charge in [-0.25, -0.2) is 9.37 Å². The molecule has 0 spiro atoms. The summed E-state index contributed by atoms with van der Waals surface area (Å²) < 4.78 is 15.3. The summed E-state index contributed by atoms with van der Waals surface area (Å²) in [5.41, 5.74) is 5.42.